The molecule has 0 aromatic heterocycles. The first kappa shape index (κ1) is 18.9. The van der Waals surface area contributed by atoms with E-state index in [2.05, 4.69) is 42.7 Å². The first-order chi connectivity index (χ1) is 12.0. The number of hydrogen-bond acceptors (Lipinski definition) is 4. The van der Waals surface area contributed by atoms with Crippen LogP contribution < -0.4 is 24.8 Å². The summed E-state index contributed by atoms with van der Waals surface area (Å²) in [5, 5.41) is 6.94. The molecular weight excluding hydrogens is 336 g/mol. The standard InChI is InChI=1S/C19H24N2O3S/c1-12-8-13(2)10-15(9-12)21-19(25)20-11-14-6-7-16(22-3)18(24-5)17(14)23-4/h6-10H,11H2,1-5H3,(H2,20,21,25). The molecule has 0 heterocycles. The Morgan fingerprint density at radius 1 is 0.920 bits per heavy atom. The molecular formula is C19H24N2O3S. The van der Waals surface area contributed by atoms with Crippen molar-refractivity contribution in [3.8, 4) is 17.2 Å². The zero-order chi connectivity index (χ0) is 18.4. The van der Waals surface area contributed by atoms with Gasteiger partial charge in [-0.2, -0.15) is 0 Å². The Morgan fingerprint density at radius 2 is 1.56 bits per heavy atom. The van der Waals surface area contributed by atoms with Gasteiger partial charge in [-0.3, -0.25) is 0 Å². The molecule has 0 fully saturated rings. The Morgan fingerprint density at radius 3 is 2.12 bits per heavy atom. The molecule has 0 saturated carbocycles. The van der Waals surface area contributed by atoms with Crippen molar-refractivity contribution in [2.24, 2.45) is 0 Å². The van der Waals surface area contributed by atoms with Crippen molar-refractivity contribution in [2.75, 3.05) is 26.6 Å². The molecule has 0 amide bonds. The normalized spacial score (nSPS) is 10.1. The molecule has 0 atom stereocenters. The third kappa shape index (κ3) is 4.76. The molecule has 0 spiro atoms. The molecule has 0 unspecified atom stereocenters. The molecule has 25 heavy (non-hydrogen) atoms. The lowest BCUT2D eigenvalue weighted by atomic mass is 10.1. The average molecular weight is 360 g/mol. The van der Waals surface area contributed by atoms with Crippen molar-refractivity contribution in [3.05, 3.63) is 47.0 Å². The molecule has 2 aromatic rings. The van der Waals surface area contributed by atoms with Crippen LogP contribution in [0.4, 0.5) is 5.69 Å². The minimum absolute atomic E-state index is 0.500. The van der Waals surface area contributed by atoms with Gasteiger partial charge in [0.15, 0.2) is 16.6 Å². The van der Waals surface area contributed by atoms with Crippen LogP contribution in [0, 0.1) is 13.8 Å². The molecule has 0 bridgehead atoms. The highest BCUT2D eigenvalue weighted by Crippen LogP contribution is 2.39. The number of aryl methyl sites for hydroxylation is 2. The van der Waals surface area contributed by atoms with E-state index in [-0.39, 0.29) is 0 Å². The van der Waals surface area contributed by atoms with E-state index in [1.54, 1.807) is 21.3 Å². The van der Waals surface area contributed by atoms with Gasteiger partial charge in [0, 0.05) is 17.8 Å². The van der Waals surface area contributed by atoms with Crippen LogP contribution in [0.25, 0.3) is 0 Å². The summed E-state index contributed by atoms with van der Waals surface area (Å²) in [7, 11) is 4.79. The van der Waals surface area contributed by atoms with Crippen LogP contribution in [0.15, 0.2) is 30.3 Å². The summed E-state index contributed by atoms with van der Waals surface area (Å²) in [4.78, 5) is 0. The molecule has 2 aromatic carbocycles. The first-order valence-corrected chi connectivity index (χ1v) is 8.30. The van der Waals surface area contributed by atoms with Crippen LogP contribution in [-0.2, 0) is 6.54 Å². The van der Waals surface area contributed by atoms with E-state index in [9.17, 15) is 0 Å². The first-order valence-electron chi connectivity index (χ1n) is 7.89. The number of thiocarbonyl (C=S) groups is 1. The van der Waals surface area contributed by atoms with Crippen molar-refractivity contribution < 1.29 is 14.2 Å². The zero-order valence-corrected chi connectivity index (χ0v) is 16.0. The fraction of sp³-hybridized carbons (Fsp3) is 0.316. The van der Waals surface area contributed by atoms with E-state index in [0.29, 0.717) is 28.9 Å². The highest BCUT2D eigenvalue weighted by Gasteiger charge is 2.15. The smallest absolute Gasteiger partial charge is 0.203 e. The van der Waals surface area contributed by atoms with Crippen molar-refractivity contribution in [1.82, 2.24) is 5.32 Å². The number of ether oxygens (including phenoxy) is 3. The van der Waals surface area contributed by atoms with E-state index in [0.717, 1.165) is 11.3 Å². The topological polar surface area (TPSA) is 51.8 Å². The third-order valence-electron chi connectivity index (χ3n) is 3.70. The van der Waals surface area contributed by atoms with Gasteiger partial charge in [-0.15, -0.1) is 0 Å². The summed E-state index contributed by atoms with van der Waals surface area (Å²) < 4.78 is 16.2. The number of nitrogens with one attached hydrogen (secondary N) is 2. The van der Waals surface area contributed by atoms with Gasteiger partial charge in [-0.25, -0.2) is 0 Å². The van der Waals surface area contributed by atoms with Crippen LogP contribution >= 0.6 is 12.2 Å². The highest BCUT2D eigenvalue weighted by atomic mass is 32.1. The third-order valence-corrected chi connectivity index (χ3v) is 3.95. The number of anilines is 1. The van der Waals surface area contributed by atoms with E-state index in [4.69, 9.17) is 26.4 Å². The molecule has 0 radical (unpaired) electrons. The Hall–Kier alpha value is -2.47. The Kier molecular flexibility index (Phi) is 6.47. The van der Waals surface area contributed by atoms with Gasteiger partial charge in [0.2, 0.25) is 5.75 Å². The molecule has 0 saturated heterocycles. The maximum absolute atomic E-state index is 5.48. The Labute approximate surface area is 154 Å². The Balaban J connectivity index is 2.09. The van der Waals surface area contributed by atoms with Crippen molar-refractivity contribution in [1.29, 1.82) is 0 Å². The van der Waals surface area contributed by atoms with E-state index < -0.39 is 0 Å². The molecule has 2 rings (SSSR count). The van der Waals surface area contributed by atoms with Crippen molar-refractivity contribution in [3.63, 3.8) is 0 Å². The predicted molar refractivity (Wildman–Crippen MR) is 105 cm³/mol. The van der Waals surface area contributed by atoms with Crippen LogP contribution in [-0.4, -0.2) is 26.4 Å². The van der Waals surface area contributed by atoms with E-state index >= 15 is 0 Å². The van der Waals surface area contributed by atoms with Gasteiger partial charge < -0.3 is 24.8 Å². The van der Waals surface area contributed by atoms with Gasteiger partial charge in [0.25, 0.3) is 0 Å². The van der Waals surface area contributed by atoms with Crippen LogP contribution in [0.5, 0.6) is 17.2 Å². The monoisotopic (exact) mass is 360 g/mol. The summed E-state index contributed by atoms with van der Waals surface area (Å²) >= 11 is 5.39. The molecule has 6 heteroatoms. The minimum atomic E-state index is 0.500. The van der Waals surface area contributed by atoms with Gasteiger partial charge in [-0.1, -0.05) is 6.07 Å². The summed E-state index contributed by atoms with van der Waals surface area (Å²) in [5.74, 6) is 1.82. The summed E-state index contributed by atoms with van der Waals surface area (Å²) in [6.45, 7) is 4.62. The molecule has 0 aliphatic carbocycles. The quantitative estimate of drug-likeness (QED) is 0.764. The number of benzene rings is 2. The van der Waals surface area contributed by atoms with Crippen molar-refractivity contribution in [2.45, 2.75) is 20.4 Å². The SMILES string of the molecule is COc1ccc(CNC(=S)Nc2cc(C)cc(C)c2)c(OC)c1OC. The molecule has 0 aliphatic rings. The van der Waals surface area contributed by atoms with Gasteiger partial charge >= 0.3 is 0 Å². The van der Waals surface area contributed by atoms with Crippen LogP contribution in [0.1, 0.15) is 16.7 Å². The van der Waals surface area contributed by atoms with Gasteiger partial charge in [0.1, 0.15) is 0 Å². The second-order valence-corrected chi connectivity index (χ2v) is 6.09. The minimum Gasteiger partial charge on any atom is -0.493 e. The number of hydrogen-bond donors (Lipinski definition) is 2. The molecule has 0 aliphatic heterocycles. The summed E-state index contributed by atoms with van der Waals surface area (Å²) in [6.07, 6.45) is 0. The predicted octanol–water partition coefficient (Wildman–Crippen LogP) is 3.82. The fourth-order valence-corrected chi connectivity index (χ4v) is 2.89. The molecule has 134 valence electrons. The van der Waals surface area contributed by atoms with Crippen LogP contribution in [0.3, 0.4) is 0 Å². The van der Waals surface area contributed by atoms with E-state index in [1.807, 2.05) is 12.1 Å². The second-order valence-electron chi connectivity index (χ2n) is 5.68. The van der Waals surface area contributed by atoms with Gasteiger partial charge in [0.05, 0.1) is 21.3 Å². The molecule has 5 nitrogen and oxygen atoms in total. The van der Waals surface area contributed by atoms with Gasteiger partial charge in [-0.05, 0) is 61.5 Å². The fourth-order valence-electron chi connectivity index (χ4n) is 2.70. The molecule has 2 N–H and O–H groups in total. The second kappa shape index (κ2) is 8.58. The maximum Gasteiger partial charge on any atom is 0.203 e. The van der Waals surface area contributed by atoms with E-state index in [1.165, 1.54) is 11.1 Å². The highest BCUT2D eigenvalue weighted by molar-refractivity contribution is 7.80. The zero-order valence-electron chi connectivity index (χ0n) is 15.2. The summed E-state index contributed by atoms with van der Waals surface area (Å²) in [5.41, 5.74) is 4.26. The van der Waals surface area contributed by atoms with Crippen LogP contribution in [0.2, 0.25) is 0 Å². The lowest BCUT2D eigenvalue weighted by molar-refractivity contribution is 0.322. The maximum atomic E-state index is 5.48. The number of rotatable bonds is 6. The average Bonchev–Trinajstić information content (AvgIpc) is 2.57. The lowest BCUT2D eigenvalue weighted by Gasteiger charge is -2.17. The Bertz CT molecular complexity index is 742. The summed E-state index contributed by atoms with van der Waals surface area (Å²) in [6, 6.07) is 10.00. The lowest BCUT2D eigenvalue weighted by Crippen LogP contribution is -2.28. The number of methoxy groups -OCH3 is 3. The largest absolute Gasteiger partial charge is 0.493 e. The van der Waals surface area contributed by atoms with Crippen molar-refractivity contribution >= 4 is 23.0 Å².